The van der Waals surface area contributed by atoms with Crippen molar-refractivity contribution in [3.8, 4) is 5.75 Å². The second-order valence-corrected chi connectivity index (χ2v) is 6.89. The molecule has 0 spiro atoms. The van der Waals surface area contributed by atoms with Crippen LogP contribution in [0.15, 0.2) is 48.5 Å². The molecule has 3 rings (SSSR count). The Kier molecular flexibility index (Phi) is 7.01. The fourth-order valence-corrected chi connectivity index (χ4v) is 3.23. The molecule has 0 aromatic heterocycles. The molecule has 2 aromatic rings. The predicted molar refractivity (Wildman–Crippen MR) is 101 cm³/mol. The van der Waals surface area contributed by atoms with Crippen LogP contribution < -0.4 is 4.74 Å². The molecule has 0 aliphatic carbocycles. The van der Waals surface area contributed by atoms with Crippen LogP contribution in [-0.4, -0.2) is 69.5 Å². The molecular weight excluding hydrogens is 364 g/mol. The van der Waals surface area contributed by atoms with E-state index in [4.69, 9.17) is 14.6 Å². The van der Waals surface area contributed by atoms with Gasteiger partial charge in [0.2, 0.25) is 6.29 Å². The second kappa shape index (κ2) is 9.47. The van der Waals surface area contributed by atoms with Crippen molar-refractivity contribution in [2.45, 2.75) is 43.5 Å². The average Bonchev–Trinajstić information content (AvgIpc) is 2.71. The molecule has 1 aliphatic rings. The van der Waals surface area contributed by atoms with Gasteiger partial charge in [-0.05, 0) is 29.2 Å². The van der Waals surface area contributed by atoms with E-state index in [1.165, 1.54) is 0 Å². The van der Waals surface area contributed by atoms with Crippen molar-refractivity contribution in [2.24, 2.45) is 0 Å². The largest absolute Gasteiger partial charge is 0.462 e. The zero-order valence-electron chi connectivity index (χ0n) is 15.4. The quantitative estimate of drug-likeness (QED) is 0.451. The van der Waals surface area contributed by atoms with E-state index in [1.807, 2.05) is 36.4 Å². The van der Waals surface area contributed by atoms with Crippen molar-refractivity contribution in [3.63, 3.8) is 0 Å². The van der Waals surface area contributed by atoms with Crippen LogP contribution in [0.2, 0.25) is 0 Å². The van der Waals surface area contributed by atoms with Crippen molar-refractivity contribution < 1.29 is 35.0 Å². The molecule has 1 aliphatic heterocycles. The molecule has 7 heteroatoms. The fourth-order valence-electron chi connectivity index (χ4n) is 3.23. The molecule has 0 unspecified atom stereocenters. The summed E-state index contributed by atoms with van der Waals surface area (Å²) in [5, 5.41) is 48.3. The zero-order chi connectivity index (χ0) is 20.1. The van der Waals surface area contributed by atoms with Gasteiger partial charge >= 0.3 is 0 Å². The molecule has 0 amide bonds. The number of ether oxygens (including phenoxy) is 2. The summed E-state index contributed by atoms with van der Waals surface area (Å²) >= 11 is 0. The SMILES string of the molecule is OCCc1ccc(Cc2ccccc2O[C@H]2O[C@H](CO)[C@@H](O)[C@H](O)[C@H]2O)cc1. The van der Waals surface area contributed by atoms with E-state index in [1.54, 1.807) is 12.1 Å². The molecule has 2 aromatic carbocycles. The second-order valence-electron chi connectivity index (χ2n) is 6.89. The van der Waals surface area contributed by atoms with Crippen LogP contribution in [0.3, 0.4) is 0 Å². The third kappa shape index (κ3) is 4.70. The Morgan fingerprint density at radius 2 is 1.50 bits per heavy atom. The molecule has 152 valence electrons. The molecule has 0 radical (unpaired) electrons. The van der Waals surface area contributed by atoms with E-state index >= 15 is 0 Å². The average molecular weight is 390 g/mol. The standard InChI is InChI=1S/C21H26O7/c22-10-9-13-5-7-14(8-6-13)11-15-3-1-2-4-16(15)27-21-20(26)19(25)18(24)17(12-23)28-21/h1-8,17-26H,9-12H2/t17-,18-,19+,20-,21+/m1/s1. The molecular formula is C21H26O7. The lowest BCUT2D eigenvalue weighted by Gasteiger charge is -2.39. The molecule has 1 saturated heterocycles. The number of hydrogen-bond donors (Lipinski definition) is 5. The maximum absolute atomic E-state index is 10.2. The van der Waals surface area contributed by atoms with Crippen LogP contribution in [0.25, 0.3) is 0 Å². The minimum Gasteiger partial charge on any atom is -0.462 e. The van der Waals surface area contributed by atoms with Crippen LogP contribution >= 0.6 is 0 Å². The molecule has 0 saturated carbocycles. The van der Waals surface area contributed by atoms with E-state index in [-0.39, 0.29) is 6.61 Å². The summed E-state index contributed by atoms with van der Waals surface area (Å²) in [7, 11) is 0. The summed E-state index contributed by atoms with van der Waals surface area (Å²) in [5.74, 6) is 0.478. The van der Waals surface area contributed by atoms with Gasteiger partial charge in [-0.25, -0.2) is 0 Å². The van der Waals surface area contributed by atoms with Gasteiger partial charge in [-0.15, -0.1) is 0 Å². The van der Waals surface area contributed by atoms with E-state index in [2.05, 4.69) is 0 Å². The predicted octanol–water partition coefficient (Wildman–Crippen LogP) is -0.00910. The molecule has 7 nitrogen and oxygen atoms in total. The highest BCUT2D eigenvalue weighted by atomic mass is 16.7. The molecule has 1 fully saturated rings. The number of para-hydroxylation sites is 1. The number of hydrogen-bond acceptors (Lipinski definition) is 7. The van der Waals surface area contributed by atoms with Gasteiger partial charge in [0.05, 0.1) is 6.61 Å². The van der Waals surface area contributed by atoms with Gasteiger partial charge in [-0.1, -0.05) is 42.5 Å². The molecule has 28 heavy (non-hydrogen) atoms. The van der Waals surface area contributed by atoms with Crippen LogP contribution in [0, 0.1) is 0 Å². The van der Waals surface area contributed by atoms with Crippen molar-refractivity contribution >= 4 is 0 Å². The first-order valence-electron chi connectivity index (χ1n) is 9.27. The highest BCUT2D eigenvalue weighted by Gasteiger charge is 2.44. The Morgan fingerprint density at radius 1 is 0.821 bits per heavy atom. The van der Waals surface area contributed by atoms with E-state index in [0.717, 1.165) is 16.7 Å². The summed E-state index contributed by atoms with van der Waals surface area (Å²) in [6, 6.07) is 15.2. The summed E-state index contributed by atoms with van der Waals surface area (Å²) in [4.78, 5) is 0. The summed E-state index contributed by atoms with van der Waals surface area (Å²) in [6.07, 6.45) is -5.42. The minimum atomic E-state index is -1.48. The third-order valence-electron chi connectivity index (χ3n) is 4.88. The summed E-state index contributed by atoms with van der Waals surface area (Å²) in [6.45, 7) is -0.401. The van der Waals surface area contributed by atoms with Crippen molar-refractivity contribution in [1.29, 1.82) is 0 Å². The van der Waals surface area contributed by atoms with Gasteiger partial charge in [-0.2, -0.15) is 0 Å². The first-order valence-corrected chi connectivity index (χ1v) is 9.27. The van der Waals surface area contributed by atoms with E-state index in [9.17, 15) is 20.4 Å². The summed E-state index contributed by atoms with van der Waals surface area (Å²) in [5.41, 5.74) is 2.96. The van der Waals surface area contributed by atoms with Gasteiger partial charge in [0.25, 0.3) is 0 Å². The number of aliphatic hydroxyl groups is 5. The van der Waals surface area contributed by atoms with Gasteiger partial charge in [0, 0.05) is 13.0 Å². The van der Waals surface area contributed by atoms with Gasteiger partial charge in [0.1, 0.15) is 30.2 Å². The lowest BCUT2D eigenvalue weighted by molar-refractivity contribution is -0.277. The highest BCUT2D eigenvalue weighted by molar-refractivity contribution is 5.38. The fraction of sp³-hybridized carbons (Fsp3) is 0.429. The van der Waals surface area contributed by atoms with Crippen molar-refractivity contribution in [3.05, 3.63) is 65.2 Å². The Labute approximate surface area is 163 Å². The van der Waals surface area contributed by atoms with E-state index in [0.29, 0.717) is 18.6 Å². The van der Waals surface area contributed by atoms with Gasteiger partial charge in [-0.3, -0.25) is 0 Å². The number of benzene rings is 2. The monoisotopic (exact) mass is 390 g/mol. The Morgan fingerprint density at radius 3 is 2.18 bits per heavy atom. The topological polar surface area (TPSA) is 120 Å². The molecule has 5 N–H and O–H groups in total. The zero-order valence-corrected chi connectivity index (χ0v) is 15.4. The van der Waals surface area contributed by atoms with Gasteiger partial charge in [0.15, 0.2) is 0 Å². The number of aliphatic hydroxyl groups excluding tert-OH is 5. The lowest BCUT2D eigenvalue weighted by atomic mass is 9.99. The minimum absolute atomic E-state index is 0.106. The van der Waals surface area contributed by atoms with Crippen LogP contribution in [0.1, 0.15) is 16.7 Å². The van der Waals surface area contributed by atoms with Crippen LogP contribution in [-0.2, 0) is 17.6 Å². The van der Waals surface area contributed by atoms with E-state index < -0.39 is 37.3 Å². The van der Waals surface area contributed by atoms with Crippen molar-refractivity contribution in [1.82, 2.24) is 0 Å². The first-order chi connectivity index (χ1) is 13.5. The lowest BCUT2D eigenvalue weighted by Crippen LogP contribution is -2.60. The van der Waals surface area contributed by atoms with Crippen LogP contribution in [0.4, 0.5) is 0 Å². The van der Waals surface area contributed by atoms with Crippen molar-refractivity contribution in [2.75, 3.05) is 13.2 Å². The van der Waals surface area contributed by atoms with Gasteiger partial charge < -0.3 is 35.0 Å². The third-order valence-corrected chi connectivity index (χ3v) is 4.88. The maximum atomic E-state index is 10.2. The molecule has 0 bridgehead atoms. The highest BCUT2D eigenvalue weighted by Crippen LogP contribution is 2.28. The smallest absolute Gasteiger partial charge is 0.229 e. The number of rotatable bonds is 7. The summed E-state index contributed by atoms with van der Waals surface area (Å²) < 4.78 is 11.2. The Hall–Kier alpha value is -2.00. The Balaban J connectivity index is 1.74. The Bertz CT molecular complexity index is 747. The molecule has 1 heterocycles. The maximum Gasteiger partial charge on any atom is 0.229 e. The first kappa shape index (κ1) is 20.7. The molecule has 5 atom stereocenters. The van der Waals surface area contributed by atoms with Crippen LogP contribution in [0.5, 0.6) is 5.75 Å². The normalized spacial score (nSPS) is 27.5.